The number of halogens is 1. The Balaban J connectivity index is 2.30. The zero-order chi connectivity index (χ0) is 18.6. The van der Waals surface area contributed by atoms with E-state index in [4.69, 9.17) is 4.74 Å². The van der Waals surface area contributed by atoms with Crippen LogP contribution in [0.15, 0.2) is 29.1 Å². The molecule has 3 aromatic heterocycles. The van der Waals surface area contributed by atoms with Gasteiger partial charge in [0.15, 0.2) is 0 Å². The molecule has 0 saturated carbocycles. The van der Waals surface area contributed by atoms with Crippen LogP contribution in [0.1, 0.15) is 28.5 Å². The minimum Gasteiger partial charge on any atom is -0.462 e. The van der Waals surface area contributed by atoms with Crippen molar-refractivity contribution in [3.8, 4) is 0 Å². The average Bonchev–Trinajstić information content (AvgIpc) is 2.95. The van der Waals surface area contributed by atoms with E-state index in [1.807, 2.05) is 25.1 Å². The molecule has 0 atom stereocenters. The van der Waals surface area contributed by atoms with Crippen LogP contribution in [0.5, 0.6) is 0 Å². The maximum Gasteiger partial charge on any atom is 0.345 e. The summed E-state index contributed by atoms with van der Waals surface area (Å²) in [6.45, 7) is 5.33. The van der Waals surface area contributed by atoms with Crippen LogP contribution >= 0.6 is 11.3 Å². The van der Waals surface area contributed by atoms with Gasteiger partial charge in [-0.15, -0.1) is 11.3 Å². The highest BCUT2D eigenvalue weighted by atomic mass is 32.1. The fourth-order valence-electron chi connectivity index (χ4n) is 3.04. The summed E-state index contributed by atoms with van der Waals surface area (Å²) in [6, 6.07) is 6.98. The summed E-state index contributed by atoms with van der Waals surface area (Å²) < 4.78 is 21.8. The summed E-state index contributed by atoms with van der Waals surface area (Å²) in [4.78, 5) is 30.2. The molecule has 0 aliphatic heterocycles. The third-order valence-electron chi connectivity index (χ3n) is 4.27. The lowest BCUT2D eigenvalue weighted by atomic mass is 10.1. The average molecular weight is 370 g/mol. The first-order valence-electron chi connectivity index (χ1n) is 8.14. The highest BCUT2D eigenvalue weighted by molar-refractivity contribution is 7.24. The van der Waals surface area contributed by atoms with Gasteiger partial charge in [0, 0.05) is 0 Å². The van der Waals surface area contributed by atoms with E-state index in [0.29, 0.717) is 10.5 Å². The zero-order valence-electron chi connectivity index (χ0n) is 14.4. The summed E-state index contributed by atoms with van der Waals surface area (Å²) in [7, 11) is 0. The lowest BCUT2D eigenvalue weighted by molar-refractivity contribution is 0.0527. The molecule has 5 nitrogen and oxygen atoms in total. The minimum atomic E-state index is -0.707. The van der Waals surface area contributed by atoms with Gasteiger partial charge in [-0.2, -0.15) is 0 Å². The first kappa shape index (κ1) is 16.7. The highest BCUT2D eigenvalue weighted by Crippen LogP contribution is 2.32. The third-order valence-corrected chi connectivity index (χ3v) is 5.40. The van der Waals surface area contributed by atoms with E-state index < -0.39 is 17.2 Å². The number of hydrogen-bond donors (Lipinski definition) is 0. The normalized spacial score (nSPS) is 11.5. The third kappa shape index (κ3) is 2.31. The number of carbonyl (C=O) groups excluding carboxylic acids is 1. The SMILES string of the molecule is CCOC(=O)c1c(=O)c2cc(F)c(C)nc2n2c1sc1cc(C)ccc12. The van der Waals surface area contributed by atoms with Gasteiger partial charge in [0.2, 0.25) is 5.43 Å². The van der Waals surface area contributed by atoms with Gasteiger partial charge >= 0.3 is 5.97 Å². The molecule has 0 aliphatic rings. The molecule has 4 rings (SSSR count). The van der Waals surface area contributed by atoms with Crippen LogP contribution in [0.25, 0.3) is 26.1 Å². The second kappa shape index (κ2) is 5.88. The van der Waals surface area contributed by atoms with Crippen LogP contribution in [0, 0.1) is 19.7 Å². The highest BCUT2D eigenvalue weighted by Gasteiger charge is 2.24. The monoisotopic (exact) mass is 370 g/mol. The molecule has 0 amide bonds. The van der Waals surface area contributed by atoms with Crippen molar-refractivity contribution in [1.82, 2.24) is 9.38 Å². The van der Waals surface area contributed by atoms with E-state index in [1.165, 1.54) is 11.3 Å². The second-order valence-corrected chi connectivity index (χ2v) is 7.10. The summed E-state index contributed by atoms with van der Waals surface area (Å²) in [5.74, 6) is -1.29. The summed E-state index contributed by atoms with van der Waals surface area (Å²) in [5.41, 5.74) is 1.76. The van der Waals surface area contributed by atoms with Gasteiger partial charge in [-0.1, -0.05) is 6.07 Å². The number of nitrogens with zero attached hydrogens (tertiary/aromatic N) is 2. The fourth-order valence-corrected chi connectivity index (χ4v) is 4.31. The minimum absolute atomic E-state index is 0.0638. The number of fused-ring (bicyclic) bond motifs is 5. The predicted octanol–water partition coefficient (Wildman–Crippen LogP) is 4.00. The van der Waals surface area contributed by atoms with E-state index in [0.717, 1.165) is 21.8 Å². The topological polar surface area (TPSA) is 60.7 Å². The Morgan fingerprint density at radius 3 is 2.81 bits per heavy atom. The Kier molecular flexibility index (Phi) is 3.77. The van der Waals surface area contributed by atoms with Crippen molar-refractivity contribution >= 4 is 43.4 Å². The molecule has 0 N–H and O–H groups in total. The van der Waals surface area contributed by atoms with Gasteiger partial charge in [-0.05, 0) is 44.5 Å². The molecule has 1 aromatic carbocycles. The van der Waals surface area contributed by atoms with Crippen molar-refractivity contribution in [3.05, 3.63) is 57.1 Å². The smallest absolute Gasteiger partial charge is 0.345 e. The van der Waals surface area contributed by atoms with Crippen molar-refractivity contribution < 1.29 is 13.9 Å². The van der Waals surface area contributed by atoms with Gasteiger partial charge in [-0.25, -0.2) is 14.2 Å². The van der Waals surface area contributed by atoms with Crippen LogP contribution in [0.4, 0.5) is 4.39 Å². The first-order valence-corrected chi connectivity index (χ1v) is 8.96. The molecule has 0 fully saturated rings. The van der Waals surface area contributed by atoms with Crippen LogP contribution in [0.3, 0.4) is 0 Å². The Hall–Kier alpha value is -2.80. The maximum atomic E-state index is 14.1. The molecule has 3 heterocycles. The van der Waals surface area contributed by atoms with E-state index in [-0.39, 0.29) is 23.3 Å². The number of benzene rings is 1. The van der Waals surface area contributed by atoms with Crippen molar-refractivity contribution in [1.29, 1.82) is 0 Å². The van der Waals surface area contributed by atoms with Crippen molar-refractivity contribution in [2.24, 2.45) is 0 Å². The number of aryl methyl sites for hydroxylation is 2. The molecule has 4 aromatic rings. The standard InChI is InChI=1S/C19H15FN2O3S/c1-4-25-19(24)15-16(23)11-8-12(20)10(3)21-17(11)22-13-6-5-9(2)7-14(13)26-18(15)22/h5-8H,4H2,1-3H3. The summed E-state index contributed by atoms with van der Waals surface area (Å²) in [6.07, 6.45) is 0. The molecular weight excluding hydrogens is 355 g/mol. The molecule has 0 spiro atoms. The van der Waals surface area contributed by atoms with Gasteiger partial charge in [0.25, 0.3) is 0 Å². The van der Waals surface area contributed by atoms with Crippen molar-refractivity contribution in [2.75, 3.05) is 6.61 Å². The number of esters is 1. The Labute approximate surface area is 151 Å². The van der Waals surface area contributed by atoms with E-state index in [1.54, 1.807) is 18.2 Å². The number of ether oxygens (including phenoxy) is 1. The number of aromatic nitrogens is 2. The molecule has 26 heavy (non-hydrogen) atoms. The van der Waals surface area contributed by atoms with E-state index >= 15 is 0 Å². The molecular formula is C19H15FN2O3S. The van der Waals surface area contributed by atoms with Crippen LogP contribution < -0.4 is 5.43 Å². The molecule has 0 saturated heterocycles. The maximum absolute atomic E-state index is 14.1. The van der Waals surface area contributed by atoms with Crippen molar-refractivity contribution in [2.45, 2.75) is 20.8 Å². The number of rotatable bonds is 2. The quantitative estimate of drug-likeness (QED) is 0.501. The van der Waals surface area contributed by atoms with Crippen molar-refractivity contribution in [3.63, 3.8) is 0 Å². The molecule has 7 heteroatoms. The predicted molar refractivity (Wildman–Crippen MR) is 99.7 cm³/mol. The molecule has 132 valence electrons. The number of pyridine rings is 2. The second-order valence-electron chi connectivity index (χ2n) is 6.07. The molecule has 0 radical (unpaired) electrons. The summed E-state index contributed by atoms with van der Waals surface area (Å²) in [5, 5.41) is 0.0638. The molecule has 0 aliphatic carbocycles. The Morgan fingerprint density at radius 2 is 2.08 bits per heavy atom. The summed E-state index contributed by atoms with van der Waals surface area (Å²) >= 11 is 1.32. The van der Waals surface area contributed by atoms with Gasteiger partial charge in [-0.3, -0.25) is 9.20 Å². The first-order chi connectivity index (χ1) is 12.4. The Bertz CT molecular complexity index is 1270. The number of hydrogen-bond acceptors (Lipinski definition) is 5. The fraction of sp³-hybridized carbons (Fsp3) is 0.211. The molecule has 0 unspecified atom stereocenters. The van der Waals surface area contributed by atoms with E-state index in [2.05, 4.69) is 4.98 Å². The Morgan fingerprint density at radius 1 is 1.31 bits per heavy atom. The van der Waals surface area contributed by atoms with Gasteiger partial charge in [0.05, 0.1) is 27.9 Å². The zero-order valence-corrected chi connectivity index (χ0v) is 15.2. The van der Waals surface area contributed by atoms with Crippen LogP contribution in [-0.2, 0) is 4.74 Å². The van der Waals surface area contributed by atoms with Gasteiger partial charge in [0.1, 0.15) is 21.9 Å². The van der Waals surface area contributed by atoms with Crippen LogP contribution in [-0.4, -0.2) is 22.0 Å². The molecule has 0 bridgehead atoms. The van der Waals surface area contributed by atoms with Crippen LogP contribution in [0.2, 0.25) is 0 Å². The van der Waals surface area contributed by atoms with E-state index in [9.17, 15) is 14.0 Å². The number of carbonyl (C=O) groups is 1. The lowest BCUT2D eigenvalue weighted by Gasteiger charge is -2.08. The lowest BCUT2D eigenvalue weighted by Crippen LogP contribution is -2.20. The van der Waals surface area contributed by atoms with Gasteiger partial charge < -0.3 is 4.74 Å². The largest absolute Gasteiger partial charge is 0.462 e. The number of thiazole rings is 1.